The van der Waals surface area contributed by atoms with Gasteiger partial charge in [-0.05, 0) is 36.8 Å². The van der Waals surface area contributed by atoms with Crippen molar-refractivity contribution in [2.75, 3.05) is 10.7 Å². The van der Waals surface area contributed by atoms with E-state index in [1.165, 1.54) is 0 Å². The maximum atomic E-state index is 12.1. The van der Waals surface area contributed by atoms with Gasteiger partial charge in [0, 0.05) is 10.5 Å². The highest BCUT2D eigenvalue weighted by molar-refractivity contribution is 7.94. The lowest BCUT2D eigenvalue weighted by Crippen LogP contribution is -2.16. The van der Waals surface area contributed by atoms with Gasteiger partial charge in [0.1, 0.15) is 0 Å². The Kier molecular flexibility index (Phi) is 4.58. The minimum Gasteiger partial charge on any atom is -0.320 e. The molecule has 0 saturated carbocycles. The fraction of sp³-hybridized carbons (Fsp3) is 0.0667. The fourth-order valence-electron chi connectivity index (χ4n) is 2.16. The SMILES string of the molecule is Cc1ccccc1N/N=C1\C(=O)Nc2ccc(SOOO)cc21. The van der Waals surface area contributed by atoms with Crippen LogP contribution in [-0.4, -0.2) is 16.9 Å². The number of amides is 1. The molecule has 1 aliphatic rings. The first-order chi connectivity index (χ1) is 11.2. The van der Waals surface area contributed by atoms with Gasteiger partial charge in [0.05, 0.1) is 23.4 Å². The molecule has 118 valence electrons. The van der Waals surface area contributed by atoms with Gasteiger partial charge < -0.3 is 5.32 Å². The van der Waals surface area contributed by atoms with E-state index in [0.29, 0.717) is 16.1 Å². The zero-order valence-corrected chi connectivity index (χ0v) is 12.9. The number of para-hydroxylation sites is 1. The molecule has 0 radical (unpaired) electrons. The summed E-state index contributed by atoms with van der Waals surface area (Å²) in [6.45, 7) is 1.95. The zero-order chi connectivity index (χ0) is 16.2. The third-order valence-electron chi connectivity index (χ3n) is 3.30. The first-order valence-corrected chi connectivity index (χ1v) is 7.43. The van der Waals surface area contributed by atoms with Crippen LogP contribution in [-0.2, 0) is 14.2 Å². The van der Waals surface area contributed by atoms with Crippen molar-refractivity contribution < 1.29 is 19.4 Å². The van der Waals surface area contributed by atoms with Crippen molar-refractivity contribution in [1.29, 1.82) is 0 Å². The zero-order valence-electron chi connectivity index (χ0n) is 12.1. The second-order valence-corrected chi connectivity index (χ2v) is 5.55. The van der Waals surface area contributed by atoms with E-state index in [4.69, 9.17) is 5.26 Å². The highest BCUT2D eigenvalue weighted by Gasteiger charge is 2.26. The topological polar surface area (TPSA) is 92.2 Å². The van der Waals surface area contributed by atoms with Crippen LogP contribution in [0.1, 0.15) is 11.1 Å². The van der Waals surface area contributed by atoms with Crippen molar-refractivity contribution in [1.82, 2.24) is 0 Å². The number of hydrazone groups is 1. The molecule has 1 amide bonds. The van der Waals surface area contributed by atoms with Crippen molar-refractivity contribution >= 4 is 35.0 Å². The van der Waals surface area contributed by atoms with Crippen LogP contribution >= 0.6 is 12.0 Å². The van der Waals surface area contributed by atoms with Crippen LogP contribution in [0, 0.1) is 6.92 Å². The van der Waals surface area contributed by atoms with Crippen molar-refractivity contribution in [3.8, 4) is 0 Å². The maximum Gasteiger partial charge on any atom is 0.276 e. The van der Waals surface area contributed by atoms with E-state index < -0.39 is 0 Å². The van der Waals surface area contributed by atoms with Crippen LogP contribution in [0.4, 0.5) is 11.4 Å². The summed E-state index contributed by atoms with van der Waals surface area (Å²) in [4.78, 5) is 12.7. The molecule has 0 aromatic heterocycles. The van der Waals surface area contributed by atoms with Gasteiger partial charge in [-0.25, -0.2) is 5.26 Å². The number of carbonyl (C=O) groups is 1. The van der Waals surface area contributed by atoms with E-state index in [0.717, 1.165) is 23.3 Å². The summed E-state index contributed by atoms with van der Waals surface area (Å²) in [6, 6.07) is 12.8. The molecule has 3 N–H and O–H groups in total. The minimum absolute atomic E-state index is 0.274. The minimum atomic E-state index is -0.289. The molecule has 0 fully saturated rings. The average molecular weight is 331 g/mol. The summed E-state index contributed by atoms with van der Waals surface area (Å²) >= 11 is 0.820. The van der Waals surface area contributed by atoms with Crippen molar-refractivity contribution in [3.63, 3.8) is 0 Å². The predicted octanol–water partition coefficient (Wildman–Crippen LogP) is 3.19. The highest BCUT2D eigenvalue weighted by atomic mass is 32.2. The second kappa shape index (κ2) is 6.80. The molecule has 0 unspecified atom stereocenters. The van der Waals surface area contributed by atoms with E-state index >= 15 is 0 Å². The molecule has 0 spiro atoms. The summed E-state index contributed by atoms with van der Waals surface area (Å²) in [5.41, 5.74) is 6.33. The van der Waals surface area contributed by atoms with Gasteiger partial charge in [0.25, 0.3) is 5.91 Å². The van der Waals surface area contributed by atoms with Gasteiger partial charge in [-0.1, -0.05) is 23.2 Å². The Morgan fingerprint density at radius 2 is 2.09 bits per heavy atom. The molecule has 2 aromatic carbocycles. The number of hydrogen-bond donors (Lipinski definition) is 3. The number of nitrogens with one attached hydrogen (secondary N) is 2. The Hall–Kier alpha value is -2.39. The smallest absolute Gasteiger partial charge is 0.276 e. The fourth-order valence-corrected chi connectivity index (χ4v) is 2.56. The standard InChI is InChI=1S/C15H13N3O4S/c1-9-4-2-3-5-12(9)17-18-14-11-8-10(23-22-21-20)6-7-13(11)16-15(14)19/h2-8,17,20H,1H3,(H,16,18,19). The number of fused-ring (bicyclic) bond motifs is 1. The van der Waals surface area contributed by atoms with E-state index in [9.17, 15) is 4.79 Å². The van der Waals surface area contributed by atoms with Crippen LogP contribution in [0.2, 0.25) is 0 Å². The quantitative estimate of drug-likeness (QED) is 0.443. The Balaban J connectivity index is 1.88. The number of benzene rings is 2. The van der Waals surface area contributed by atoms with E-state index in [1.54, 1.807) is 18.2 Å². The van der Waals surface area contributed by atoms with Crippen molar-refractivity contribution in [2.45, 2.75) is 11.8 Å². The first kappa shape index (κ1) is 15.5. The maximum absolute atomic E-state index is 12.1. The third kappa shape index (κ3) is 3.35. The lowest BCUT2D eigenvalue weighted by Gasteiger charge is -2.05. The number of aryl methyl sites for hydroxylation is 1. The second-order valence-electron chi connectivity index (χ2n) is 4.77. The Morgan fingerprint density at radius 3 is 2.87 bits per heavy atom. The van der Waals surface area contributed by atoms with Crippen LogP contribution in [0.5, 0.6) is 0 Å². The summed E-state index contributed by atoms with van der Waals surface area (Å²) in [5.74, 6) is -0.289. The largest absolute Gasteiger partial charge is 0.320 e. The Bertz CT molecular complexity index is 779. The van der Waals surface area contributed by atoms with Gasteiger partial charge in [0.2, 0.25) is 0 Å². The Labute approximate surface area is 136 Å². The summed E-state index contributed by atoms with van der Waals surface area (Å²) in [7, 11) is 0. The predicted molar refractivity (Wildman–Crippen MR) is 87.1 cm³/mol. The highest BCUT2D eigenvalue weighted by Crippen LogP contribution is 2.29. The molecule has 0 bridgehead atoms. The monoisotopic (exact) mass is 331 g/mol. The number of nitrogens with zero attached hydrogens (tertiary/aromatic N) is 1. The number of anilines is 2. The summed E-state index contributed by atoms with van der Waals surface area (Å²) in [6.07, 6.45) is 0. The number of rotatable bonds is 5. The molecule has 3 rings (SSSR count). The van der Waals surface area contributed by atoms with Gasteiger partial charge in [0.15, 0.2) is 5.71 Å². The lowest BCUT2D eigenvalue weighted by molar-refractivity contribution is -0.432. The molecular weight excluding hydrogens is 318 g/mol. The van der Waals surface area contributed by atoms with Crippen molar-refractivity contribution in [2.24, 2.45) is 5.10 Å². The van der Waals surface area contributed by atoms with E-state index in [-0.39, 0.29) is 11.6 Å². The van der Waals surface area contributed by atoms with Crippen molar-refractivity contribution in [3.05, 3.63) is 53.6 Å². The number of carbonyl (C=O) groups excluding carboxylic acids is 1. The van der Waals surface area contributed by atoms with Crippen LogP contribution in [0.15, 0.2) is 52.5 Å². The molecule has 7 nitrogen and oxygen atoms in total. The normalized spacial score (nSPS) is 14.7. The molecule has 2 aromatic rings. The van der Waals surface area contributed by atoms with Crippen LogP contribution in [0.3, 0.4) is 0 Å². The van der Waals surface area contributed by atoms with Gasteiger partial charge in [-0.2, -0.15) is 5.10 Å². The molecule has 1 heterocycles. The van der Waals surface area contributed by atoms with Crippen LogP contribution in [0.25, 0.3) is 0 Å². The molecule has 0 saturated heterocycles. The van der Waals surface area contributed by atoms with Gasteiger partial charge >= 0.3 is 0 Å². The van der Waals surface area contributed by atoms with Gasteiger partial charge in [-0.3, -0.25) is 10.2 Å². The Morgan fingerprint density at radius 1 is 1.26 bits per heavy atom. The average Bonchev–Trinajstić information content (AvgIpc) is 2.87. The molecular formula is C15H13N3O4S. The first-order valence-electron chi connectivity index (χ1n) is 6.69. The molecule has 0 aliphatic carbocycles. The van der Waals surface area contributed by atoms with E-state index in [2.05, 4.69) is 25.2 Å². The lowest BCUT2D eigenvalue weighted by atomic mass is 10.1. The van der Waals surface area contributed by atoms with Crippen LogP contribution < -0.4 is 10.7 Å². The molecule has 23 heavy (non-hydrogen) atoms. The number of hydrogen-bond acceptors (Lipinski definition) is 7. The van der Waals surface area contributed by atoms with E-state index in [1.807, 2.05) is 31.2 Å². The summed E-state index contributed by atoms with van der Waals surface area (Å²) < 4.78 is 4.40. The third-order valence-corrected chi connectivity index (χ3v) is 3.88. The van der Waals surface area contributed by atoms with Gasteiger partial charge in [-0.15, -0.1) is 4.33 Å². The molecule has 0 atom stereocenters. The molecule has 1 aliphatic heterocycles. The summed E-state index contributed by atoms with van der Waals surface area (Å²) in [5, 5.41) is 18.7. The molecule has 8 heteroatoms.